The number of nitrogens with one attached hydrogen (secondary N) is 1. The first-order valence-corrected chi connectivity index (χ1v) is 9.28. The number of esters is 1. The van der Waals surface area contributed by atoms with E-state index in [-0.39, 0.29) is 22.2 Å². The Morgan fingerprint density at radius 3 is 2.81 bits per heavy atom. The van der Waals surface area contributed by atoms with Crippen LogP contribution in [-0.4, -0.2) is 40.6 Å². The molecular formula is C19H22ClN3O4. The highest BCUT2D eigenvalue weighted by molar-refractivity contribution is 6.33. The SMILES string of the molecule is COC(=O)c1ccccc1-n1ncc(NCC(O)C2CCCC2)c(Cl)c1=O. The largest absolute Gasteiger partial charge is 0.465 e. The molecular weight excluding hydrogens is 370 g/mol. The molecule has 1 aromatic heterocycles. The molecule has 7 nitrogen and oxygen atoms in total. The van der Waals surface area contributed by atoms with E-state index in [1.807, 2.05) is 0 Å². The second-order valence-corrected chi connectivity index (χ2v) is 6.97. The van der Waals surface area contributed by atoms with Gasteiger partial charge in [0.25, 0.3) is 5.56 Å². The number of para-hydroxylation sites is 1. The van der Waals surface area contributed by atoms with Gasteiger partial charge >= 0.3 is 5.97 Å². The Bertz CT molecular complexity index is 877. The van der Waals surface area contributed by atoms with E-state index in [1.165, 1.54) is 13.3 Å². The van der Waals surface area contributed by atoms with Crippen molar-refractivity contribution >= 4 is 23.3 Å². The Morgan fingerprint density at radius 1 is 1.41 bits per heavy atom. The summed E-state index contributed by atoms with van der Waals surface area (Å²) < 4.78 is 5.81. The molecule has 1 aromatic carbocycles. The van der Waals surface area contributed by atoms with Gasteiger partial charge in [0.05, 0.1) is 36.3 Å². The number of halogens is 1. The lowest BCUT2D eigenvalue weighted by Crippen LogP contribution is -2.29. The molecule has 144 valence electrons. The average molecular weight is 392 g/mol. The molecule has 27 heavy (non-hydrogen) atoms. The van der Waals surface area contributed by atoms with E-state index >= 15 is 0 Å². The Kier molecular flexibility index (Phi) is 6.13. The van der Waals surface area contributed by atoms with Gasteiger partial charge in [0.2, 0.25) is 0 Å². The molecule has 0 saturated heterocycles. The van der Waals surface area contributed by atoms with Gasteiger partial charge in [-0.05, 0) is 30.9 Å². The maximum atomic E-state index is 12.7. The van der Waals surface area contributed by atoms with Crippen LogP contribution in [0.2, 0.25) is 5.02 Å². The number of ether oxygens (including phenoxy) is 1. The van der Waals surface area contributed by atoms with Crippen molar-refractivity contribution in [1.29, 1.82) is 0 Å². The number of rotatable bonds is 6. The van der Waals surface area contributed by atoms with Crippen LogP contribution in [0.3, 0.4) is 0 Å². The van der Waals surface area contributed by atoms with Crippen LogP contribution in [-0.2, 0) is 4.74 Å². The number of anilines is 1. The molecule has 2 aromatic rings. The van der Waals surface area contributed by atoms with E-state index in [4.69, 9.17) is 16.3 Å². The van der Waals surface area contributed by atoms with Crippen molar-refractivity contribution in [2.75, 3.05) is 19.0 Å². The van der Waals surface area contributed by atoms with Gasteiger partial charge in [-0.15, -0.1) is 0 Å². The molecule has 2 N–H and O–H groups in total. The van der Waals surface area contributed by atoms with Crippen LogP contribution in [0.25, 0.3) is 5.69 Å². The van der Waals surface area contributed by atoms with Crippen molar-refractivity contribution in [3.63, 3.8) is 0 Å². The van der Waals surface area contributed by atoms with E-state index in [0.717, 1.165) is 30.4 Å². The molecule has 0 amide bonds. The first kappa shape index (κ1) is 19.4. The molecule has 1 saturated carbocycles. The lowest BCUT2D eigenvalue weighted by Gasteiger charge is -2.19. The standard InChI is InChI=1S/C19H22ClN3O4/c1-27-19(26)13-8-4-5-9-15(13)23-18(25)17(20)14(10-22-23)21-11-16(24)12-6-2-3-7-12/h4-5,8-10,12,16,21,24H,2-3,6-7,11H2,1H3. The fraction of sp³-hybridized carbons (Fsp3) is 0.421. The Labute approximate surface area is 161 Å². The summed E-state index contributed by atoms with van der Waals surface area (Å²) in [4.78, 5) is 24.6. The molecule has 0 spiro atoms. The minimum Gasteiger partial charge on any atom is -0.465 e. The van der Waals surface area contributed by atoms with Gasteiger partial charge < -0.3 is 15.2 Å². The summed E-state index contributed by atoms with van der Waals surface area (Å²) in [5, 5.41) is 17.4. The van der Waals surface area contributed by atoms with Crippen LogP contribution < -0.4 is 10.9 Å². The number of aromatic nitrogens is 2. The van der Waals surface area contributed by atoms with Crippen molar-refractivity contribution in [2.24, 2.45) is 5.92 Å². The number of aliphatic hydroxyl groups is 1. The second kappa shape index (κ2) is 8.54. The fourth-order valence-corrected chi connectivity index (χ4v) is 3.59. The number of methoxy groups -OCH3 is 1. The average Bonchev–Trinajstić information content (AvgIpc) is 3.23. The number of aliphatic hydroxyl groups excluding tert-OH is 1. The summed E-state index contributed by atoms with van der Waals surface area (Å²) in [6.45, 7) is 0.300. The summed E-state index contributed by atoms with van der Waals surface area (Å²) >= 11 is 6.22. The van der Waals surface area contributed by atoms with Crippen molar-refractivity contribution in [3.8, 4) is 5.69 Å². The van der Waals surface area contributed by atoms with Gasteiger partial charge in [0, 0.05) is 6.54 Å². The Balaban J connectivity index is 1.84. The topological polar surface area (TPSA) is 93.5 Å². The van der Waals surface area contributed by atoms with Gasteiger partial charge in [-0.3, -0.25) is 4.79 Å². The third-order valence-corrected chi connectivity index (χ3v) is 5.27. The van der Waals surface area contributed by atoms with Gasteiger partial charge in [0.15, 0.2) is 0 Å². The molecule has 1 heterocycles. The van der Waals surface area contributed by atoms with Crippen LogP contribution in [0.15, 0.2) is 35.3 Å². The van der Waals surface area contributed by atoms with Crippen molar-refractivity contribution in [2.45, 2.75) is 31.8 Å². The summed E-state index contributed by atoms with van der Waals surface area (Å²) in [5.41, 5.74) is 0.288. The molecule has 3 rings (SSSR count). The maximum absolute atomic E-state index is 12.7. The van der Waals surface area contributed by atoms with Crippen LogP contribution in [0, 0.1) is 5.92 Å². The van der Waals surface area contributed by atoms with E-state index in [0.29, 0.717) is 12.2 Å². The highest BCUT2D eigenvalue weighted by Gasteiger charge is 2.23. The van der Waals surface area contributed by atoms with E-state index in [2.05, 4.69) is 10.4 Å². The van der Waals surface area contributed by atoms with Crippen LogP contribution in [0.4, 0.5) is 5.69 Å². The zero-order valence-corrected chi connectivity index (χ0v) is 15.8. The van der Waals surface area contributed by atoms with E-state index in [1.54, 1.807) is 24.3 Å². The predicted octanol–water partition coefficient (Wildman–Crippen LogP) is 2.64. The number of carbonyl (C=O) groups excluding carboxylic acids is 1. The second-order valence-electron chi connectivity index (χ2n) is 6.59. The third kappa shape index (κ3) is 4.14. The maximum Gasteiger partial charge on any atom is 0.340 e. The van der Waals surface area contributed by atoms with Crippen LogP contribution in [0.1, 0.15) is 36.0 Å². The number of hydrogen-bond acceptors (Lipinski definition) is 6. The first-order valence-electron chi connectivity index (χ1n) is 8.90. The lowest BCUT2D eigenvalue weighted by atomic mass is 10.0. The van der Waals surface area contributed by atoms with Gasteiger partial charge in [-0.2, -0.15) is 9.78 Å². The van der Waals surface area contributed by atoms with Crippen LogP contribution in [0.5, 0.6) is 0 Å². The van der Waals surface area contributed by atoms with E-state index < -0.39 is 17.6 Å². The molecule has 0 aliphatic heterocycles. The Morgan fingerprint density at radius 2 is 2.11 bits per heavy atom. The van der Waals surface area contributed by atoms with Crippen molar-refractivity contribution in [1.82, 2.24) is 9.78 Å². The molecule has 1 atom stereocenters. The van der Waals surface area contributed by atoms with Crippen molar-refractivity contribution < 1.29 is 14.6 Å². The molecule has 0 bridgehead atoms. The number of carbonyl (C=O) groups is 1. The number of hydrogen-bond donors (Lipinski definition) is 2. The van der Waals surface area contributed by atoms with Crippen molar-refractivity contribution in [3.05, 3.63) is 51.4 Å². The lowest BCUT2D eigenvalue weighted by molar-refractivity contribution is 0.0600. The minimum absolute atomic E-state index is 0.0525. The predicted molar refractivity (Wildman–Crippen MR) is 103 cm³/mol. The quantitative estimate of drug-likeness (QED) is 0.735. The monoisotopic (exact) mass is 391 g/mol. The van der Waals surface area contributed by atoms with Gasteiger partial charge in [-0.1, -0.05) is 36.6 Å². The molecule has 1 aliphatic carbocycles. The van der Waals surface area contributed by atoms with Gasteiger partial charge in [0.1, 0.15) is 5.02 Å². The highest BCUT2D eigenvalue weighted by atomic mass is 35.5. The Hall–Kier alpha value is -2.38. The summed E-state index contributed by atoms with van der Waals surface area (Å²) in [7, 11) is 1.27. The molecule has 0 radical (unpaired) electrons. The van der Waals surface area contributed by atoms with Crippen LogP contribution >= 0.6 is 11.6 Å². The number of benzene rings is 1. The molecule has 1 unspecified atom stereocenters. The summed E-state index contributed by atoms with van der Waals surface area (Å²) in [5.74, 6) is -0.297. The molecule has 8 heteroatoms. The van der Waals surface area contributed by atoms with E-state index in [9.17, 15) is 14.7 Å². The highest BCUT2D eigenvalue weighted by Crippen LogP contribution is 2.28. The van der Waals surface area contributed by atoms with Gasteiger partial charge in [-0.25, -0.2) is 4.79 Å². The smallest absolute Gasteiger partial charge is 0.340 e. The zero-order chi connectivity index (χ0) is 19.4. The minimum atomic E-state index is -0.572. The zero-order valence-electron chi connectivity index (χ0n) is 15.0. The fourth-order valence-electron chi connectivity index (χ4n) is 3.39. The summed E-state index contributed by atoms with van der Waals surface area (Å²) in [6.07, 6.45) is 5.23. The first-order chi connectivity index (χ1) is 13.0. The normalized spacial score (nSPS) is 15.5. The molecule has 1 aliphatic rings. The number of nitrogens with zero attached hydrogens (tertiary/aromatic N) is 2. The third-order valence-electron chi connectivity index (χ3n) is 4.90. The molecule has 1 fully saturated rings. The summed E-state index contributed by atoms with van der Waals surface area (Å²) in [6, 6.07) is 6.50.